The zero-order valence-corrected chi connectivity index (χ0v) is 10.5. The molecule has 2 rings (SSSR count). The molecule has 0 radical (unpaired) electrons. The molecule has 3 atom stereocenters. The fourth-order valence-corrected chi connectivity index (χ4v) is 2.32. The SMILES string of the molecule is OC[C@@H]1C[C@@H]1C/C=C\CCOC1CCCCO1. The maximum Gasteiger partial charge on any atom is 0.157 e. The molecule has 1 N–H and O–H groups in total. The van der Waals surface area contributed by atoms with Crippen molar-refractivity contribution in [2.45, 2.75) is 44.8 Å². The van der Waals surface area contributed by atoms with Crippen LogP contribution in [0.4, 0.5) is 0 Å². The van der Waals surface area contributed by atoms with Crippen molar-refractivity contribution in [1.29, 1.82) is 0 Å². The molecule has 0 spiro atoms. The lowest BCUT2D eigenvalue weighted by Crippen LogP contribution is -2.22. The fraction of sp³-hybridized carbons (Fsp3) is 0.857. The maximum absolute atomic E-state index is 8.90. The average Bonchev–Trinajstić information content (AvgIpc) is 3.13. The van der Waals surface area contributed by atoms with Gasteiger partial charge in [0.25, 0.3) is 0 Å². The molecule has 1 saturated carbocycles. The number of aliphatic hydroxyl groups excluding tert-OH is 1. The van der Waals surface area contributed by atoms with Gasteiger partial charge in [0.2, 0.25) is 0 Å². The van der Waals surface area contributed by atoms with Crippen molar-refractivity contribution in [1.82, 2.24) is 0 Å². The predicted molar refractivity (Wildman–Crippen MR) is 66.6 cm³/mol. The smallest absolute Gasteiger partial charge is 0.157 e. The number of aliphatic hydroxyl groups is 1. The number of ether oxygens (including phenoxy) is 2. The molecule has 0 aromatic heterocycles. The third-order valence-electron chi connectivity index (χ3n) is 3.64. The number of hydrogen-bond donors (Lipinski definition) is 1. The molecule has 3 nitrogen and oxygen atoms in total. The molecule has 17 heavy (non-hydrogen) atoms. The Morgan fingerprint density at radius 1 is 1.24 bits per heavy atom. The van der Waals surface area contributed by atoms with Crippen molar-refractivity contribution in [2.75, 3.05) is 19.8 Å². The lowest BCUT2D eigenvalue weighted by Gasteiger charge is -2.22. The second kappa shape index (κ2) is 7.14. The van der Waals surface area contributed by atoms with Gasteiger partial charge in [-0.25, -0.2) is 0 Å². The van der Waals surface area contributed by atoms with Crippen LogP contribution < -0.4 is 0 Å². The second-order valence-corrected chi connectivity index (χ2v) is 5.10. The number of hydrogen-bond acceptors (Lipinski definition) is 3. The molecule has 0 aromatic rings. The van der Waals surface area contributed by atoms with Crippen LogP contribution in [-0.4, -0.2) is 31.2 Å². The van der Waals surface area contributed by atoms with Crippen molar-refractivity contribution in [3.8, 4) is 0 Å². The fourth-order valence-electron chi connectivity index (χ4n) is 2.32. The Morgan fingerprint density at radius 2 is 2.18 bits per heavy atom. The van der Waals surface area contributed by atoms with E-state index < -0.39 is 0 Å². The van der Waals surface area contributed by atoms with Gasteiger partial charge in [0.1, 0.15) is 0 Å². The Kier molecular flexibility index (Phi) is 5.49. The van der Waals surface area contributed by atoms with Gasteiger partial charge >= 0.3 is 0 Å². The van der Waals surface area contributed by atoms with E-state index in [2.05, 4.69) is 12.2 Å². The number of allylic oxidation sites excluding steroid dienone is 1. The Balaban J connectivity index is 1.44. The summed E-state index contributed by atoms with van der Waals surface area (Å²) in [6.07, 6.45) is 11.2. The first-order valence-electron chi connectivity index (χ1n) is 6.89. The van der Waals surface area contributed by atoms with Crippen molar-refractivity contribution >= 4 is 0 Å². The minimum Gasteiger partial charge on any atom is -0.396 e. The van der Waals surface area contributed by atoms with Gasteiger partial charge in [-0.1, -0.05) is 12.2 Å². The average molecular weight is 240 g/mol. The molecule has 1 unspecified atom stereocenters. The molecule has 98 valence electrons. The third-order valence-corrected chi connectivity index (χ3v) is 3.64. The highest BCUT2D eigenvalue weighted by molar-refractivity contribution is 4.93. The third kappa shape index (κ3) is 4.78. The lowest BCUT2D eigenvalue weighted by atomic mass is 10.2. The van der Waals surface area contributed by atoms with Crippen LogP contribution in [0.3, 0.4) is 0 Å². The van der Waals surface area contributed by atoms with E-state index in [0.29, 0.717) is 12.5 Å². The summed E-state index contributed by atoms with van der Waals surface area (Å²) in [4.78, 5) is 0. The van der Waals surface area contributed by atoms with Crippen LogP contribution in [-0.2, 0) is 9.47 Å². The van der Waals surface area contributed by atoms with E-state index in [0.717, 1.165) is 38.4 Å². The van der Waals surface area contributed by atoms with Crippen LogP contribution >= 0.6 is 0 Å². The quantitative estimate of drug-likeness (QED) is 0.549. The molecule has 2 aliphatic rings. The number of rotatable bonds is 7. The topological polar surface area (TPSA) is 38.7 Å². The van der Waals surface area contributed by atoms with E-state index in [9.17, 15) is 0 Å². The summed E-state index contributed by atoms with van der Waals surface area (Å²) in [7, 11) is 0. The van der Waals surface area contributed by atoms with Crippen LogP contribution in [0.1, 0.15) is 38.5 Å². The summed E-state index contributed by atoms with van der Waals surface area (Å²) in [6.45, 7) is 1.97. The zero-order valence-electron chi connectivity index (χ0n) is 10.5. The van der Waals surface area contributed by atoms with Gasteiger partial charge < -0.3 is 14.6 Å². The van der Waals surface area contributed by atoms with Gasteiger partial charge in [0.05, 0.1) is 6.61 Å². The Labute approximate surface area is 104 Å². The summed E-state index contributed by atoms with van der Waals surface area (Å²) < 4.78 is 11.1. The predicted octanol–water partition coefficient (Wildman–Crippen LogP) is 2.49. The molecule has 0 aromatic carbocycles. The van der Waals surface area contributed by atoms with Gasteiger partial charge in [0, 0.05) is 13.2 Å². The summed E-state index contributed by atoms with van der Waals surface area (Å²) in [6, 6.07) is 0. The Hall–Kier alpha value is -0.380. The highest BCUT2D eigenvalue weighted by Crippen LogP contribution is 2.40. The first kappa shape index (κ1) is 13.1. The second-order valence-electron chi connectivity index (χ2n) is 5.10. The largest absolute Gasteiger partial charge is 0.396 e. The standard InChI is InChI=1S/C14H24O3/c15-11-13-10-12(13)6-2-1-4-8-16-14-7-3-5-9-17-14/h1-2,12-15H,3-11H2/b2-1-/t12-,13-,14?/m0/s1. The van der Waals surface area contributed by atoms with Gasteiger partial charge in [-0.05, 0) is 50.4 Å². The van der Waals surface area contributed by atoms with E-state index in [-0.39, 0.29) is 6.29 Å². The lowest BCUT2D eigenvalue weighted by molar-refractivity contribution is -0.161. The summed E-state index contributed by atoms with van der Waals surface area (Å²) in [5.41, 5.74) is 0. The van der Waals surface area contributed by atoms with Gasteiger partial charge in [0.15, 0.2) is 6.29 Å². The maximum atomic E-state index is 8.90. The van der Waals surface area contributed by atoms with Crippen molar-refractivity contribution in [2.24, 2.45) is 11.8 Å². The molecule has 1 aliphatic carbocycles. The molecule has 1 heterocycles. The summed E-state index contributed by atoms with van der Waals surface area (Å²) in [5.74, 6) is 1.31. The molecular formula is C14H24O3. The van der Waals surface area contributed by atoms with Crippen LogP contribution in [0.25, 0.3) is 0 Å². The first-order chi connectivity index (χ1) is 8.40. The normalized spacial score (nSPS) is 33.1. The molecule has 1 aliphatic heterocycles. The molecule has 0 amide bonds. The van der Waals surface area contributed by atoms with Gasteiger partial charge in [-0.3, -0.25) is 0 Å². The minimum atomic E-state index is 0.0411. The van der Waals surface area contributed by atoms with E-state index in [1.807, 2.05) is 0 Å². The van der Waals surface area contributed by atoms with Gasteiger partial charge in [-0.15, -0.1) is 0 Å². The van der Waals surface area contributed by atoms with Crippen LogP contribution in [0.15, 0.2) is 12.2 Å². The molecular weight excluding hydrogens is 216 g/mol. The monoisotopic (exact) mass is 240 g/mol. The van der Waals surface area contributed by atoms with E-state index in [1.165, 1.54) is 19.3 Å². The summed E-state index contributed by atoms with van der Waals surface area (Å²) >= 11 is 0. The summed E-state index contributed by atoms with van der Waals surface area (Å²) in [5, 5.41) is 8.90. The van der Waals surface area contributed by atoms with Crippen molar-refractivity contribution in [3.63, 3.8) is 0 Å². The minimum absolute atomic E-state index is 0.0411. The molecule has 0 bridgehead atoms. The van der Waals surface area contributed by atoms with E-state index in [1.54, 1.807) is 0 Å². The highest BCUT2D eigenvalue weighted by atomic mass is 16.7. The zero-order chi connectivity index (χ0) is 11.9. The van der Waals surface area contributed by atoms with Gasteiger partial charge in [-0.2, -0.15) is 0 Å². The Bertz CT molecular complexity index is 234. The van der Waals surface area contributed by atoms with Crippen LogP contribution in [0.2, 0.25) is 0 Å². The first-order valence-corrected chi connectivity index (χ1v) is 6.89. The Morgan fingerprint density at radius 3 is 2.88 bits per heavy atom. The van der Waals surface area contributed by atoms with Crippen molar-refractivity contribution in [3.05, 3.63) is 12.2 Å². The van der Waals surface area contributed by atoms with Crippen LogP contribution in [0.5, 0.6) is 0 Å². The van der Waals surface area contributed by atoms with E-state index >= 15 is 0 Å². The molecule has 1 saturated heterocycles. The van der Waals surface area contributed by atoms with Crippen molar-refractivity contribution < 1.29 is 14.6 Å². The van der Waals surface area contributed by atoms with E-state index in [4.69, 9.17) is 14.6 Å². The molecule has 2 fully saturated rings. The molecule has 3 heteroatoms. The highest BCUT2D eigenvalue weighted by Gasteiger charge is 2.34. The van der Waals surface area contributed by atoms with Crippen LogP contribution in [0, 0.1) is 11.8 Å².